The van der Waals surface area contributed by atoms with Crippen molar-refractivity contribution in [3.63, 3.8) is 0 Å². The van der Waals surface area contributed by atoms with Crippen LogP contribution in [0.4, 0.5) is 0 Å². The minimum Gasteiger partial charge on any atom is -0.133 e. The van der Waals surface area contributed by atoms with Gasteiger partial charge in [0.05, 0.1) is 0 Å². The molecule has 8 nitrogen and oxygen atoms in total. The lowest BCUT2D eigenvalue weighted by Crippen LogP contribution is -2.13. The van der Waals surface area contributed by atoms with Crippen molar-refractivity contribution in [2.75, 3.05) is 0 Å². The molecule has 0 atom stereocenters. The summed E-state index contributed by atoms with van der Waals surface area (Å²) in [6, 6.07) is 0. The zero-order valence-electron chi connectivity index (χ0n) is 4.73. The van der Waals surface area contributed by atoms with Crippen molar-refractivity contribution in [2.24, 2.45) is 41.4 Å². The maximum Gasteiger partial charge on any atom is 0.231 e. The Morgan fingerprint density at radius 2 is 0.800 bits per heavy atom. The highest BCUT2D eigenvalue weighted by molar-refractivity contribution is 4.76. The van der Waals surface area contributed by atoms with Gasteiger partial charge in [-0.3, -0.25) is 0 Å². The summed E-state index contributed by atoms with van der Waals surface area (Å²) in [4.78, 5) is 0. The van der Waals surface area contributed by atoms with Gasteiger partial charge in [-0.2, -0.15) is 0 Å². The molecule has 0 spiro atoms. The molecule has 0 saturated carbocycles. The zero-order valence-corrected chi connectivity index (χ0v) is 4.73. The van der Waals surface area contributed by atoms with Crippen LogP contribution in [0.15, 0.2) is 41.4 Å². The lowest BCUT2D eigenvalue weighted by molar-refractivity contribution is 0.555. The molecule has 2 aliphatic rings. The molecule has 0 unspecified atom stereocenters. The summed E-state index contributed by atoms with van der Waals surface area (Å²) in [5, 5.41) is 27.6. The zero-order chi connectivity index (χ0) is 6.81. The van der Waals surface area contributed by atoms with Crippen molar-refractivity contribution in [3.8, 4) is 0 Å². The first-order chi connectivity index (χ1) is 4.97. The van der Waals surface area contributed by atoms with Crippen LogP contribution >= 0.6 is 0 Å². The Hall–Kier alpha value is -1.60. The van der Waals surface area contributed by atoms with Crippen molar-refractivity contribution in [3.05, 3.63) is 0 Å². The molecule has 0 N–H and O–H groups in total. The molecule has 0 fully saturated rings. The van der Waals surface area contributed by atoms with Crippen LogP contribution in [-0.2, 0) is 0 Å². The number of hydrogen-bond acceptors (Lipinski definition) is 8. The van der Waals surface area contributed by atoms with Gasteiger partial charge in [0.25, 0.3) is 0 Å². The Morgan fingerprint density at radius 1 is 0.500 bits per heavy atom. The van der Waals surface area contributed by atoms with E-state index in [2.05, 4.69) is 41.4 Å². The first-order valence-electron chi connectivity index (χ1n) is 2.57. The largest absolute Gasteiger partial charge is 0.231 e. The predicted octanol–water partition coefficient (Wildman–Crippen LogP) is 1.30. The molecule has 2 rings (SSSR count). The maximum absolute atomic E-state index is 3.60. The molecule has 0 aromatic rings. The number of hydrogen-bond donors (Lipinski definition) is 0. The normalized spacial score (nSPS) is 23.6. The molecule has 0 radical (unpaired) electrons. The summed E-state index contributed by atoms with van der Waals surface area (Å²) in [5.41, 5.74) is 0. The van der Waals surface area contributed by atoms with Crippen LogP contribution in [0.5, 0.6) is 0 Å². The Morgan fingerprint density at radius 3 is 1.10 bits per heavy atom. The average Bonchev–Trinajstić information content (AvgIpc) is 2.59. The lowest BCUT2D eigenvalue weighted by atomic mass is 10.4. The van der Waals surface area contributed by atoms with Gasteiger partial charge >= 0.3 is 0 Å². The average molecular weight is 138 g/mol. The Bertz CT molecular complexity index is 186. The van der Waals surface area contributed by atoms with E-state index in [1.54, 1.807) is 0 Å². The van der Waals surface area contributed by atoms with E-state index in [1.165, 1.54) is 0 Å². The van der Waals surface area contributed by atoms with Crippen molar-refractivity contribution in [1.29, 1.82) is 0 Å². The number of rotatable bonds is 1. The van der Waals surface area contributed by atoms with Crippen molar-refractivity contribution >= 4 is 0 Å². The molecule has 8 heteroatoms. The van der Waals surface area contributed by atoms with E-state index in [-0.39, 0.29) is 0 Å². The monoisotopic (exact) mass is 138 g/mol. The van der Waals surface area contributed by atoms with Gasteiger partial charge in [0.2, 0.25) is 12.3 Å². The SMILES string of the molecule is N1=NC(C2N=NN=N2)N=N1. The van der Waals surface area contributed by atoms with E-state index in [9.17, 15) is 0 Å². The summed E-state index contributed by atoms with van der Waals surface area (Å²) in [6.45, 7) is 0. The molecular weight excluding hydrogens is 136 g/mol. The summed E-state index contributed by atoms with van der Waals surface area (Å²) < 4.78 is 0. The van der Waals surface area contributed by atoms with E-state index < -0.39 is 12.3 Å². The first kappa shape index (κ1) is 5.21. The molecule has 10 heavy (non-hydrogen) atoms. The molecule has 0 saturated heterocycles. The van der Waals surface area contributed by atoms with Gasteiger partial charge in [0.15, 0.2) is 0 Å². The lowest BCUT2D eigenvalue weighted by Gasteiger charge is -1.97. The third kappa shape index (κ3) is 0.694. The first-order valence-corrected chi connectivity index (χ1v) is 2.57. The summed E-state index contributed by atoms with van der Waals surface area (Å²) >= 11 is 0. The molecule has 0 aromatic carbocycles. The maximum atomic E-state index is 3.60. The summed E-state index contributed by atoms with van der Waals surface area (Å²) in [7, 11) is 0. The fraction of sp³-hybridized carbons (Fsp3) is 1.00. The quantitative estimate of drug-likeness (QED) is 0.521. The second kappa shape index (κ2) is 1.97. The van der Waals surface area contributed by atoms with Gasteiger partial charge in [-0.25, -0.2) is 0 Å². The highest BCUT2D eigenvalue weighted by Crippen LogP contribution is 2.17. The molecule has 0 aliphatic carbocycles. The number of nitrogens with zero attached hydrogens (tertiary/aromatic N) is 8. The van der Waals surface area contributed by atoms with Crippen LogP contribution in [0.1, 0.15) is 0 Å². The van der Waals surface area contributed by atoms with E-state index >= 15 is 0 Å². The molecule has 2 heterocycles. The van der Waals surface area contributed by atoms with E-state index in [4.69, 9.17) is 0 Å². The molecule has 0 aromatic heterocycles. The van der Waals surface area contributed by atoms with Gasteiger partial charge in [0.1, 0.15) is 0 Å². The predicted molar refractivity (Wildman–Crippen MR) is 27.0 cm³/mol. The molecule has 2 aliphatic heterocycles. The second-order valence-electron chi connectivity index (χ2n) is 1.65. The van der Waals surface area contributed by atoms with Crippen molar-refractivity contribution in [2.45, 2.75) is 12.3 Å². The van der Waals surface area contributed by atoms with Crippen LogP contribution in [0, 0.1) is 0 Å². The van der Waals surface area contributed by atoms with Gasteiger partial charge < -0.3 is 0 Å². The van der Waals surface area contributed by atoms with E-state index in [0.29, 0.717) is 0 Å². The smallest absolute Gasteiger partial charge is 0.133 e. The molecule has 50 valence electrons. The molecule has 0 bridgehead atoms. The van der Waals surface area contributed by atoms with Gasteiger partial charge in [0, 0.05) is 0 Å². The second-order valence-corrected chi connectivity index (χ2v) is 1.65. The minimum atomic E-state index is -0.449. The third-order valence-electron chi connectivity index (χ3n) is 1.03. The fourth-order valence-electron chi connectivity index (χ4n) is 0.589. The van der Waals surface area contributed by atoms with Gasteiger partial charge in [-0.15, -0.1) is 20.5 Å². The third-order valence-corrected chi connectivity index (χ3v) is 1.03. The van der Waals surface area contributed by atoms with Crippen molar-refractivity contribution < 1.29 is 0 Å². The Labute approximate surface area is 54.8 Å². The van der Waals surface area contributed by atoms with Crippen LogP contribution < -0.4 is 0 Å². The highest BCUT2D eigenvalue weighted by atomic mass is 15.6. The van der Waals surface area contributed by atoms with Gasteiger partial charge in [-0.05, 0) is 20.9 Å². The van der Waals surface area contributed by atoms with Crippen LogP contribution in [0.25, 0.3) is 0 Å². The van der Waals surface area contributed by atoms with Crippen LogP contribution in [0.2, 0.25) is 0 Å². The Balaban J connectivity index is 2.12. The fourth-order valence-corrected chi connectivity index (χ4v) is 0.589. The van der Waals surface area contributed by atoms with E-state index in [1.807, 2.05) is 0 Å². The van der Waals surface area contributed by atoms with Crippen LogP contribution in [-0.4, -0.2) is 12.3 Å². The topological polar surface area (TPSA) is 98.9 Å². The highest BCUT2D eigenvalue weighted by Gasteiger charge is 2.25. The molecule has 0 amide bonds. The standard InChI is InChI=1S/C2H2N8/c3-1(4-8-7-3)2-5-9-10-6-2/h1-2H. The Kier molecular flexibility index (Phi) is 1.03. The molecular formula is C2H2N8. The summed E-state index contributed by atoms with van der Waals surface area (Å²) in [5.74, 6) is 0. The minimum absolute atomic E-state index is 0.449. The van der Waals surface area contributed by atoms with E-state index in [0.717, 1.165) is 0 Å². The van der Waals surface area contributed by atoms with Crippen molar-refractivity contribution in [1.82, 2.24) is 0 Å². The van der Waals surface area contributed by atoms with Gasteiger partial charge in [-0.1, -0.05) is 0 Å². The van der Waals surface area contributed by atoms with Crippen LogP contribution in [0.3, 0.4) is 0 Å². The summed E-state index contributed by atoms with van der Waals surface area (Å²) in [6.07, 6.45) is -0.898.